The van der Waals surface area contributed by atoms with E-state index in [2.05, 4.69) is 22.1 Å². The molecule has 2 aliphatic heterocycles. The molecular weight excluding hydrogens is 344 g/mol. The predicted molar refractivity (Wildman–Crippen MR) is 104 cm³/mol. The lowest BCUT2D eigenvalue weighted by Crippen LogP contribution is -2.46. The van der Waals surface area contributed by atoms with Gasteiger partial charge in [0.05, 0.1) is 24.1 Å². The van der Waals surface area contributed by atoms with Crippen molar-refractivity contribution in [1.29, 1.82) is 0 Å². The summed E-state index contributed by atoms with van der Waals surface area (Å²) < 4.78 is 5.03. The third kappa shape index (κ3) is 5.11. The van der Waals surface area contributed by atoms with Gasteiger partial charge in [-0.3, -0.25) is 9.78 Å². The quantitative estimate of drug-likeness (QED) is 0.877. The number of aromatic nitrogens is 1. The highest BCUT2D eigenvalue weighted by atomic mass is 16.6. The molecule has 3 rings (SSSR count). The van der Waals surface area contributed by atoms with Crippen LogP contribution in [0.1, 0.15) is 49.9 Å². The second-order valence-corrected chi connectivity index (χ2v) is 7.54. The fraction of sp³-hybridized carbons (Fsp3) is 0.650. The van der Waals surface area contributed by atoms with Crippen molar-refractivity contribution in [2.24, 2.45) is 5.92 Å². The van der Waals surface area contributed by atoms with Crippen molar-refractivity contribution >= 4 is 17.7 Å². The van der Waals surface area contributed by atoms with Gasteiger partial charge >= 0.3 is 6.09 Å². The Bertz CT molecular complexity index is 650. The van der Waals surface area contributed by atoms with Gasteiger partial charge in [0.1, 0.15) is 0 Å². The maximum Gasteiger partial charge on any atom is 0.409 e. The van der Waals surface area contributed by atoms with Crippen LogP contribution < -0.4 is 10.2 Å². The highest BCUT2D eigenvalue weighted by molar-refractivity contribution is 5.95. The first-order valence-corrected chi connectivity index (χ1v) is 9.99. The average Bonchev–Trinajstić information content (AvgIpc) is 2.69. The number of carbonyl (C=O) groups is 2. The van der Waals surface area contributed by atoms with Crippen LogP contribution in [0.25, 0.3) is 0 Å². The fourth-order valence-corrected chi connectivity index (χ4v) is 3.68. The lowest BCUT2D eigenvalue weighted by molar-refractivity contribution is 0.0860. The van der Waals surface area contributed by atoms with Crippen molar-refractivity contribution in [3.63, 3.8) is 0 Å². The van der Waals surface area contributed by atoms with Crippen LogP contribution in [-0.4, -0.2) is 60.7 Å². The molecule has 1 aromatic rings. The van der Waals surface area contributed by atoms with Gasteiger partial charge in [-0.25, -0.2) is 4.79 Å². The van der Waals surface area contributed by atoms with Crippen molar-refractivity contribution in [1.82, 2.24) is 15.2 Å². The monoisotopic (exact) mass is 374 g/mol. The molecule has 2 amide bonds. The summed E-state index contributed by atoms with van der Waals surface area (Å²) in [5.41, 5.74) is 1.62. The number of anilines is 1. The standard InChI is InChI=1S/C20H30N4O3/c1-3-27-20(26)24-10-6-17(7-11-24)22-19(25)16-12-18(14-21-13-16)23-8-4-15(2)5-9-23/h12-15,17H,3-11H2,1-2H3,(H,22,25). The van der Waals surface area contributed by atoms with Gasteiger partial charge in [-0.1, -0.05) is 6.92 Å². The molecule has 0 atom stereocenters. The first-order chi connectivity index (χ1) is 13.1. The number of piperidine rings is 2. The molecule has 27 heavy (non-hydrogen) atoms. The molecule has 0 aromatic carbocycles. The zero-order chi connectivity index (χ0) is 19.2. The summed E-state index contributed by atoms with van der Waals surface area (Å²) in [6.45, 7) is 7.71. The van der Waals surface area contributed by atoms with Crippen molar-refractivity contribution < 1.29 is 14.3 Å². The van der Waals surface area contributed by atoms with Crippen LogP contribution in [0.4, 0.5) is 10.5 Å². The van der Waals surface area contributed by atoms with Crippen LogP contribution in [0.2, 0.25) is 0 Å². The lowest BCUT2D eigenvalue weighted by atomic mass is 9.99. The van der Waals surface area contributed by atoms with Crippen molar-refractivity contribution in [3.8, 4) is 0 Å². The molecule has 2 saturated heterocycles. The van der Waals surface area contributed by atoms with Crippen molar-refractivity contribution in [2.75, 3.05) is 37.7 Å². The summed E-state index contributed by atoms with van der Waals surface area (Å²) in [7, 11) is 0. The summed E-state index contributed by atoms with van der Waals surface area (Å²) in [6.07, 6.45) is 7.02. The topological polar surface area (TPSA) is 74.8 Å². The molecule has 2 fully saturated rings. The summed E-state index contributed by atoms with van der Waals surface area (Å²) in [6, 6.07) is 2.01. The molecule has 7 heteroatoms. The van der Waals surface area contributed by atoms with Gasteiger partial charge in [0, 0.05) is 38.4 Å². The summed E-state index contributed by atoms with van der Waals surface area (Å²) >= 11 is 0. The molecule has 0 saturated carbocycles. The molecule has 3 heterocycles. The molecule has 0 spiro atoms. The van der Waals surface area contributed by atoms with Crippen molar-refractivity contribution in [2.45, 2.75) is 45.6 Å². The number of ether oxygens (including phenoxy) is 1. The summed E-state index contributed by atoms with van der Waals surface area (Å²) in [5.74, 6) is 0.672. The van der Waals surface area contributed by atoms with Crippen LogP contribution in [0.3, 0.4) is 0 Å². The summed E-state index contributed by atoms with van der Waals surface area (Å²) in [5, 5.41) is 3.09. The number of nitrogens with one attached hydrogen (secondary N) is 1. The van der Waals surface area contributed by atoms with Crippen LogP contribution in [0, 0.1) is 5.92 Å². The Kier molecular flexibility index (Phi) is 6.53. The number of rotatable bonds is 4. The van der Waals surface area contributed by atoms with Crippen molar-refractivity contribution in [3.05, 3.63) is 24.0 Å². The van der Waals surface area contributed by atoms with Gasteiger partial charge < -0.3 is 19.9 Å². The van der Waals surface area contributed by atoms with Crippen LogP contribution in [-0.2, 0) is 4.74 Å². The number of hydrogen-bond donors (Lipinski definition) is 1. The van der Waals surface area contributed by atoms with Gasteiger partial charge in [-0.2, -0.15) is 0 Å². The Morgan fingerprint density at radius 1 is 1.15 bits per heavy atom. The van der Waals surface area contributed by atoms with E-state index in [1.54, 1.807) is 18.0 Å². The zero-order valence-electron chi connectivity index (χ0n) is 16.3. The second-order valence-electron chi connectivity index (χ2n) is 7.54. The zero-order valence-corrected chi connectivity index (χ0v) is 16.3. The van der Waals surface area contributed by atoms with Crippen LogP contribution in [0.15, 0.2) is 18.5 Å². The minimum Gasteiger partial charge on any atom is -0.450 e. The Balaban J connectivity index is 1.53. The van der Waals surface area contributed by atoms with Crippen LogP contribution >= 0.6 is 0 Å². The maximum atomic E-state index is 12.6. The number of carbonyl (C=O) groups excluding carboxylic acids is 2. The maximum absolute atomic E-state index is 12.6. The smallest absolute Gasteiger partial charge is 0.409 e. The molecule has 1 N–H and O–H groups in total. The number of amides is 2. The average molecular weight is 374 g/mol. The number of pyridine rings is 1. The Morgan fingerprint density at radius 3 is 2.52 bits per heavy atom. The normalized spacial score (nSPS) is 19.0. The molecule has 0 aliphatic carbocycles. The van der Waals surface area contributed by atoms with E-state index in [1.165, 1.54) is 12.8 Å². The third-order valence-electron chi connectivity index (χ3n) is 5.49. The number of hydrogen-bond acceptors (Lipinski definition) is 5. The third-order valence-corrected chi connectivity index (χ3v) is 5.49. The lowest BCUT2D eigenvalue weighted by Gasteiger charge is -2.32. The van der Waals surface area contributed by atoms with Gasteiger partial charge in [0.25, 0.3) is 5.91 Å². The predicted octanol–water partition coefficient (Wildman–Crippen LogP) is 2.67. The SMILES string of the molecule is CCOC(=O)N1CCC(NC(=O)c2cncc(N3CCC(C)CC3)c2)CC1. The number of likely N-dealkylation sites (tertiary alicyclic amines) is 1. The first-order valence-electron chi connectivity index (χ1n) is 9.99. The first kappa shape index (κ1) is 19.5. The van der Waals surface area contributed by atoms with E-state index < -0.39 is 0 Å². The van der Waals surface area contributed by atoms with Gasteiger partial charge in [0.2, 0.25) is 0 Å². The van der Waals surface area contributed by atoms with E-state index in [0.29, 0.717) is 25.3 Å². The molecule has 148 valence electrons. The van der Waals surface area contributed by atoms with E-state index in [4.69, 9.17) is 4.74 Å². The minimum absolute atomic E-state index is 0.0719. The molecular formula is C20H30N4O3. The molecule has 0 radical (unpaired) electrons. The molecule has 0 unspecified atom stereocenters. The van der Waals surface area contributed by atoms with E-state index in [0.717, 1.165) is 37.5 Å². The highest BCUT2D eigenvalue weighted by Crippen LogP contribution is 2.23. The summed E-state index contributed by atoms with van der Waals surface area (Å²) in [4.78, 5) is 32.7. The molecule has 0 bridgehead atoms. The van der Waals surface area contributed by atoms with Gasteiger partial charge in [0.15, 0.2) is 0 Å². The van der Waals surface area contributed by atoms with Crippen LogP contribution in [0.5, 0.6) is 0 Å². The Hall–Kier alpha value is -2.31. The van der Waals surface area contributed by atoms with E-state index in [-0.39, 0.29) is 18.0 Å². The minimum atomic E-state index is -0.268. The highest BCUT2D eigenvalue weighted by Gasteiger charge is 2.25. The Morgan fingerprint density at radius 2 is 1.85 bits per heavy atom. The van der Waals surface area contributed by atoms with E-state index in [9.17, 15) is 9.59 Å². The molecule has 1 aromatic heterocycles. The van der Waals surface area contributed by atoms with Gasteiger partial charge in [-0.15, -0.1) is 0 Å². The second kappa shape index (κ2) is 9.06. The molecule has 2 aliphatic rings. The Labute approximate surface area is 161 Å². The fourth-order valence-electron chi connectivity index (χ4n) is 3.68. The molecule has 7 nitrogen and oxygen atoms in total. The van der Waals surface area contributed by atoms with E-state index >= 15 is 0 Å². The largest absolute Gasteiger partial charge is 0.450 e. The number of nitrogens with zero attached hydrogens (tertiary/aromatic N) is 3. The van der Waals surface area contributed by atoms with Gasteiger partial charge in [-0.05, 0) is 44.6 Å². The van der Waals surface area contributed by atoms with E-state index in [1.807, 2.05) is 12.3 Å².